The van der Waals surface area contributed by atoms with Crippen LogP contribution in [0.4, 0.5) is 18.9 Å². The van der Waals surface area contributed by atoms with Crippen molar-refractivity contribution in [3.63, 3.8) is 0 Å². The molecule has 0 radical (unpaired) electrons. The number of thioether (sulfide) groups is 1. The first-order chi connectivity index (χ1) is 11.4. The van der Waals surface area contributed by atoms with E-state index in [1.807, 2.05) is 30.5 Å². The molecule has 0 bridgehead atoms. The molecule has 2 rings (SSSR count). The van der Waals surface area contributed by atoms with Gasteiger partial charge in [0.25, 0.3) is 0 Å². The summed E-state index contributed by atoms with van der Waals surface area (Å²) in [5.74, 6) is 0. The summed E-state index contributed by atoms with van der Waals surface area (Å²) in [5, 5.41) is 6.40. The summed E-state index contributed by atoms with van der Waals surface area (Å²) in [6, 6.07) is 12.8. The monoisotopic (exact) mass is 369 g/mol. The minimum atomic E-state index is -4.46. The van der Waals surface area contributed by atoms with Crippen LogP contribution in [-0.2, 0) is 6.18 Å². The first-order valence-corrected chi connectivity index (χ1v) is 8.44. The number of nitrogens with one attached hydrogen (secondary N) is 2. The van der Waals surface area contributed by atoms with Crippen LogP contribution in [0, 0.1) is 0 Å². The predicted molar refractivity (Wildman–Crippen MR) is 96.6 cm³/mol. The second kappa shape index (κ2) is 8.16. The molecule has 0 aliphatic carbocycles. The van der Waals surface area contributed by atoms with Crippen molar-refractivity contribution in [3.8, 4) is 0 Å². The van der Waals surface area contributed by atoms with Gasteiger partial charge in [0.15, 0.2) is 5.11 Å². The third-order valence-corrected chi connectivity index (χ3v) is 3.91. The van der Waals surface area contributed by atoms with Crippen molar-refractivity contribution in [1.82, 2.24) is 5.43 Å². The molecule has 2 aromatic rings. The number of benzene rings is 2. The van der Waals surface area contributed by atoms with Crippen LogP contribution in [0.2, 0.25) is 0 Å². The highest BCUT2D eigenvalue weighted by molar-refractivity contribution is 7.98. The van der Waals surface area contributed by atoms with Crippen molar-refractivity contribution in [3.05, 3.63) is 59.7 Å². The van der Waals surface area contributed by atoms with Crippen molar-refractivity contribution in [1.29, 1.82) is 0 Å². The second-order valence-electron chi connectivity index (χ2n) is 4.64. The molecule has 0 aromatic heterocycles. The van der Waals surface area contributed by atoms with Gasteiger partial charge in [0.1, 0.15) is 0 Å². The van der Waals surface area contributed by atoms with Crippen molar-refractivity contribution in [2.24, 2.45) is 5.10 Å². The van der Waals surface area contributed by atoms with E-state index in [0.717, 1.165) is 16.5 Å². The Morgan fingerprint density at radius 2 is 1.79 bits per heavy atom. The van der Waals surface area contributed by atoms with Crippen molar-refractivity contribution in [2.75, 3.05) is 11.6 Å². The molecule has 0 atom stereocenters. The zero-order valence-corrected chi connectivity index (χ0v) is 14.2. The lowest BCUT2D eigenvalue weighted by Crippen LogP contribution is -2.25. The molecule has 0 aliphatic heterocycles. The molecule has 2 aromatic carbocycles. The van der Waals surface area contributed by atoms with Crippen LogP contribution in [0.3, 0.4) is 0 Å². The average molecular weight is 369 g/mol. The molecular formula is C16H14F3N3S2. The van der Waals surface area contributed by atoms with Gasteiger partial charge in [-0.15, -0.1) is 11.8 Å². The third kappa shape index (κ3) is 5.24. The summed E-state index contributed by atoms with van der Waals surface area (Å²) in [6.07, 6.45) is -0.942. The molecule has 3 nitrogen and oxygen atoms in total. The number of anilines is 1. The molecule has 0 saturated carbocycles. The normalized spacial score (nSPS) is 11.5. The number of halogens is 3. The first kappa shape index (κ1) is 18.3. The van der Waals surface area contributed by atoms with Gasteiger partial charge in [0.05, 0.1) is 17.5 Å². The molecule has 0 unspecified atom stereocenters. The van der Waals surface area contributed by atoms with Gasteiger partial charge in [-0.05, 0) is 48.3 Å². The number of hydrazone groups is 1. The summed E-state index contributed by atoms with van der Waals surface area (Å²) < 4.78 is 38.7. The van der Waals surface area contributed by atoms with Gasteiger partial charge in [-0.1, -0.05) is 24.3 Å². The quantitative estimate of drug-likeness (QED) is 0.353. The lowest BCUT2D eigenvalue weighted by Gasteiger charge is -2.14. The van der Waals surface area contributed by atoms with Crippen LogP contribution in [0.1, 0.15) is 11.1 Å². The van der Waals surface area contributed by atoms with E-state index >= 15 is 0 Å². The van der Waals surface area contributed by atoms with Gasteiger partial charge in [-0.25, -0.2) is 0 Å². The van der Waals surface area contributed by atoms with E-state index in [2.05, 4.69) is 15.8 Å². The third-order valence-electron chi connectivity index (χ3n) is 2.98. The summed E-state index contributed by atoms with van der Waals surface area (Å²) in [4.78, 5) is 1.13. The Balaban J connectivity index is 1.97. The van der Waals surface area contributed by atoms with Crippen LogP contribution in [0.5, 0.6) is 0 Å². The molecule has 8 heteroatoms. The van der Waals surface area contributed by atoms with Crippen molar-refractivity contribution < 1.29 is 13.2 Å². The average Bonchev–Trinajstić information content (AvgIpc) is 2.55. The maximum Gasteiger partial charge on any atom is 0.418 e. The highest BCUT2D eigenvalue weighted by atomic mass is 32.2. The Morgan fingerprint density at radius 3 is 2.42 bits per heavy atom. The van der Waals surface area contributed by atoms with E-state index < -0.39 is 11.7 Å². The molecule has 2 N–H and O–H groups in total. The fourth-order valence-corrected chi connectivity index (χ4v) is 2.42. The highest BCUT2D eigenvalue weighted by Gasteiger charge is 2.33. The number of nitrogens with zero attached hydrogens (tertiary/aromatic N) is 1. The molecule has 126 valence electrons. The van der Waals surface area contributed by atoms with Crippen LogP contribution < -0.4 is 10.7 Å². The van der Waals surface area contributed by atoms with Gasteiger partial charge in [0, 0.05) is 4.90 Å². The predicted octanol–water partition coefficient (Wildman–Crippen LogP) is 4.75. The van der Waals surface area contributed by atoms with Crippen molar-refractivity contribution >= 4 is 41.0 Å². The summed E-state index contributed by atoms with van der Waals surface area (Å²) in [6.45, 7) is 0. The van der Waals surface area contributed by atoms with Crippen LogP contribution in [-0.4, -0.2) is 17.6 Å². The molecule has 0 fully saturated rings. The van der Waals surface area contributed by atoms with E-state index in [-0.39, 0.29) is 10.8 Å². The fraction of sp³-hybridized carbons (Fsp3) is 0.125. The molecule has 24 heavy (non-hydrogen) atoms. The fourth-order valence-electron chi connectivity index (χ4n) is 1.84. The topological polar surface area (TPSA) is 36.4 Å². The number of alkyl halides is 3. The van der Waals surface area contributed by atoms with Gasteiger partial charge in [0.2, 0.25) is 0 Å². The maximum atomic E-state index is 12.9. The Kier molecular flexibility index (Phi) is 6.22. The largest absolute Gasteiger partial charge is 0.418 e. The molecular weight excluding hydrogens is 355 g/mol. The maximum absolute atomic E-state index is 12.9. The summed E-state index contributed by atoms with van der Waals surface area (Å²) in [7, 11) is 0. The SMILES string of the molecule is CSc1ccc(/C=N\NC(=S)Nc2ccccc2C(F)(F)F)cc1. The highest BCUT2D eigenvalue weighted by Crippen LogP contribution is 2.34. The zero-order chi connectivity index (χ0) is 17.6. The number of hydrogen-bond donors (Lipinski definition) is 2. The standard InChI is InChI=1S/C16H14F3N3S2/c1-24-12-8-6-11(7-9-12)10-20-22-15(23)21-14-5-3-2-4-13(14)16(17,18)19/h2-10H,1H3,(H2,21,22,23)/b20-10-. The van der Waals surface area contributed by atoms with E-state index in [0.29, 0.717) is 0 Å². The first-order valence-electron chi connectivity index (χ1n) is 6.80. The minimum Gasteiger partial charge on any atom is -0.331 e. The van der Waals surface area contributed by atoms with Gasteiger partial charge < -0.3 is 5.32 Å². The Bertz CT molecular complexity index is 728. The van der Waals surface area contributed by atoms with Gasteiger partial charge in [-0.3, -0.25) is 5.43 Å². The van der Waals surface area contributed by atoms with Gasteiger partial charge in [-0.2, -0.15) is 18.3 Å². The van der Waals surface area contributed by atoms with Crippen LogP contribution >= 0.6 is 24.0 Å². The van der Waals surface area contributed by atoms with E-state index in [9.17, 15) is 13.2 Å². The zero-order valence-electron chi connectivity index (χ0n) is 12.6. The van der Waals surface area contributed by atoms with E-state index in [4.69, 9.17) is 12.2 Å². The van der Waals surface area contributed by atoms with E-state index in [1.165, 1.54) is 24.4 Å². The Hall–Kier alpha value is -2.06. The number of hydrogen-bond acceptors (Lipinski definition) is 3. The molecule has 0 saturated heterocycles. The second-order valence-corrected chi connectivity index (χ2v) is 5.93. The summed E-state index contributed by atoms with van der Waals surface area (Å²) >= 11 is 6.59. The Labute approximate surface area is 147 Å². The lowest BCUT2D eigenvalue weighted by atomic mass is 10.2. The number of para-hydroxylation sites is 1. The van der Waals surface area contributed by atoms with Crippen LogP contribution in [0.15, 0.2) is 58.5 Å². The molecule has 0 aliphatic rings. The number of thiocarbonyl (C=S) groups is 1. The summed E-state index contributed by atoms with van der Waals surface area (Å²) in [5.41, 5.74) is 2.44. The molecule has 0 heterocycles. The molecule has 0 spiro atoms. The number of rotatable bonds is 4. The smallest absolute Gasteiger partial charge is 0.331 e. The minimum absolute atomic E-state index is 0.0244. The molecule has 0 amide bonds. The lowest BCUT2D eigenvalue weighted by molar-refractivity contribution is -0.136. The van der Waals surface area contributed by atoms with Gasteiger partial charge >= 0.3 is 6.18 Å². The Morgan fingerprint density at radius 1 is 1.12 bits per heavy atom. The van der Waals surface area contributed by atoms with Crippen LogP contribution in [0.25, 0.3) is 0 Å². The van der Waals surface area contributed by atoms with E-state index in [1.54, 1.807) is 11.8 Å². The van der Waals surface area contributed by atoms with Crippen molar-refractivity contribution in [2.45, 2.75) is 11.1 Å².